The summed E-state index contributed by atoms with van der Waals surface area (Å²) in [5.74, 6) is 4.11. The second-order valence-corrected chi connectivity index (χ2v) is 10.1. The smallest absolute Gasteiger partial charge is 0.231 e. The molecule has 3 heterocycles. The van der Waals surface area contributed by atoms with Crippen LogP contribution in [0.1, 0.15) is 60.4 Å². The third-order valence-electron chi connectivity index (χ3n) is 7.51. The fraction of sp³-hybridized carbons (Fsp3) is 0.481. The molecule has 0 saturated heterocycles. The number of alkyl halides is 1. The Morgan fingerprint density at radius 3 is 2.73 bits per heavy atom. The highest BCUT2D eigenvalue weighted by Crippen LogP contribution is 2.54. The zero-order chi connectivity index (χ0) is 22.4. The molecule has 0 aromatic heterocycles. The van der Waals surface area contributed by atoms with E-state index in [4.69, 9.17) is 18.9 Å². The Kier molecular flexibility index (Phi) is 5.65. The maximum absolute atomic E-state index is 6.42. The van der Waals surface area contributed by atoms with Gasteiger partial charge in [-0.1, -0.05) is 34.8 Å². The Morgan fingerprint density at radius 1 is 1.12 bits per heavy atom. The minimum atomic E-state index is 0.301. The van der Waals surface area contributed by atoms with Crippen LogP contribution >= 0.6 is 15.9 Å². The minimum absolute atomic E-state index is 0.301. The summed E-state index contributed by atoms with van der Waals surface area (Å²) >= 11 is 3.53. The van der Waals surface area contributed by atoms with Crippen LogP contribution in [0, 0.1) is 5.92 Å². The van der Waals surface area contributed by atoms with E-state index in [1.165, 1.54) is 53.6 Å². The molecule has 0 unspecified atom stereocenters. The van der Waals surface area contributed by atoms with Gasteiger partial charge in [0, 0.05) is 28.7 Å². The summed E-state index contributed by atoms with van der Waals surface area (Å²) in [7, 11) is 1.74. The van der Waals surface area contributed by atoms with E-state index in [9.17, 15) is 0 Å². The van der Waals surface area contributed by atoms with Crippen LogP contribution in [0.3, 0.4) is 0 Å². The Hall–Kier alpha value is -2.34. The largest absolute Gasteiger partial charge is 0.493 e. The number of fused-ring (bicyclic) bond motifs is 5. The summed E-state index contributed by atoms with van der Waals surface area (Å²) in [4.78, 5) is 2.64. The molecule has 174 valence electrons. The first-order valence-corrected chi connectivity index (χ1v) is 13.2. The fourth-order valence-corrected chi connectivity index (χ4v) is 6.25. The number of rotatable bonds is 6. The van der Waals surface area contributed by atoms with Crippen LogP contribution in [0.15, 0.2) is 24.3 Å². The first-order chi connectivity index (χ1) is 16.3. The van der Waals surface area contributed by atoms with Crippen LogP contribution in [-0.4, -0.2) is 37.3 Å². The van der Waals surface area contributed by atoms with E-state index in [0.717, 1.165) is 47.7 Å². The summed E-state index contributed by atoms with van der Waals surface area (Å²) in [6.45, 7) is 1.98. The third-order valence-corrected chi connectivity index (χ3v) is 8.07. The molecule has 5 nitrogen and oxygen atoms in total. The van der Waals surface area contributed by atoms with Gasteiger partial charge in [-0.05, 0) is 67.0 Å². The number of benzene rings is 2. The SMILES string of the molecule is COc1ccc2c(c1OCCCBr)[C@@H](C1CCCC1)N1CCc3cc4c(cc3C1=C2)OCO4. The van der Waals surface area contributed by atoms with E-state index in [1.807, 2.05) is 0 Å². The molecular weight excluding hydrogens is 482 g/mol. The maximum Gasteiger partial charge on any atom is 0.231 e. The van der Waals surface area contributed by atoms with Gasteiger partial charge in [-0.3, -0.25) is 0 Å². The molecular formula is C27H30BrNO4. The molecule has 1 aliphatic carbocycles. The zero-order valence-corrected chi connectivity index (χ0v) is 20.7. The Balaban J connectivity index is 1.51. The summed E-state index contributed by atoms with van der Waals surface area (Å²) in [5.41, 5.74) is 6.48. The molecule has 1 atom stereocenters. The number of nitrogens with zero attached hydrogens (tertiary/aromatic N) is 1. The molecule has 0 N–H and O–H groups in total. The quantitative estimate of drug-likeness (QED) is 0.341. The van der Waals surface area contributed by atoms with Crippen molar-refractivity contribution in [3.05, 3.63) is 46.5 Å². The first-order valence-electron chi connectivity index (χ1n) is 12.1. The number of hydrogen-bond donors (Lipinski definition) is 0. The minimum Gasteiger partial charge on any atom is -0.493 e. The second kappa shape index (κ2) is 8.79. The van der Waals surface area contributed by atoms with Crippen molar-refractivity contribution in [3.63, 3.8) is 0 Å². The van der Waals surface area contributed by atoms with Crippen LogP contribution in [0.4, 0.5) is 0 Å². The Labute approximate surface area is 203 Å². The molecule has 0 spiro atoms. The van der Waals surface area contributed by atoms with Gasteiger partial charge in [0.15, 0.2) is 23.0 Å². The van der Waals surface area contributed by atoms with Crippen molar-refractivity contribution in [2.24, 2.45) is 5.92 Å². The standard InChI is InChI=1S/C27H30BrNO4/c1-30-22-8-7-19-13-21-20-15-24-23(32-16-33-24)14-18(20)9-11-29(21)26(17-5-2-3-6-17)25(19)27(22)31-12-4-10-28/h7-8,13-15,17,26H,2-6,9-12,16H2,1H3/t26-/m1/s1. The maximum atomic E-state index is 6.42. The third kappa shape index (κ3) is 3.58. The van der Waals surface area contributed by atoms with Crippen molar-refractivity contribution >= 4 is 27.7 Å². The lowest BCUT2D eigenvalue weighted by Crippen LogP contribution is -2.39. The predicted molar refractivity (Wildman–Crippen MR) is 132 cm³/mol. The van der Waals surface area contributed by atoms with Gasteiger partial charge in [0.05, 0.1) is 19.8 Å². The molecule has 33 heavy (non-hydrogen) atoms. The second-order valence-electron chi connectivity index (χ2n) is 9.32. The van der Waals surface area contributed by atoms with Crippen molar-refractivity contribution in [1.82, 2.24) is 4.90 Å². The van der Waals surface area contributed by atoms with E-state index in [2.05, 4.69) is 51.2 Å². The molecule has 0 amide bonds. The number of methoxy groups -OCH3 is 1. The van der Waals surface area contributed by atoms with E-state index < -0.39 is 0 Å². The summed E-state index contributed by atoms with van der Waals surface area (Å²) in [6.07, 6.45) is 9.46. The molecule has 6 heteroatoms. The first kappa shape index (κ1) is 21.2. The van der Waals surface area contributed by atoms with Crippen molar-refractivity contribution < 1.29 is 18.9 Å². The van der Waals surface area contributed by atoms with Crippen LogP contribution in [0.2, 0.25) is 0 Å². The van der Waals surface area contributed by atoms with Crippen molar-refractivity contribution in [2.75, 3.05) is 32.4 Å². The Morgan fingerprint density at radius 2 is 1.94 bits per heavy atom. The summed E-state index contributed by atoms with van der Waals surface area (Å²) in [5, 5.41) is 0.930. The van der Waals surface area contributed by atoms with Crippen molar-refractivity contribution in [1.29, 1.82) is 0 Å². The van der Waals surface area contributed by atoms with Gasteiger partial charge in [0.25, 0.3) is 0 Å². The van der Waals surface area contributed by atoms with E-state index >= 15 is 0 Å². The van der Waals surface area contributed by atoms with Gasteiger partial charge in [0.1, 0.15) is 0 Å². The van der Waals surface area contributed by atoms with E-state index in [0.29, 0.717) is 25.4 Å². The van der Waals surface area contributed by atoms with Gasteiger partial charge in [-0.2, -0.15) is 0 Å². The van der Waals surface area contributed by atoms with Crippen molar-refractivity contribution in [2.45, 2.75) is 44.6 Å². The lowest BCUT2D eigenvalue weighted by Gasteiger charge is -2.46. The highest BCUT2D eigenvalue weighted by molar-refractivity contribution is 9.09. The highest BCUT2D eigenvalue weighted by Gasteiger charge is 2.41. The van der Waals surface area contributed by atoms with Gasteiger partial charge < -0.3 is 23.8 Å². The van der Waals surface area contributed by atoms with Crippen molar-refractivity contribution in [3.8, 4) is 23.0 Å². The lowest BCUT2D eigenvalue weighted by atomic mass is 9.80. The topological polar surface area (TPSA) is 40.2 Å². The zero-order valence-electron chi connectivity index (χ0n) is 19.1. The normalized spacial score (nSPS) is 20.7. The van der Waals surface area contributed by atoms with Crippen LogP contribution < -0.4 is 18.9 Å². The van der Waals surface area contributed by atoms with Gasteiger partial charge in [0.2, 0.25) is 6.79 Å². The molecule has 4 aliphatic rings. The molecule has 0 radical (unpaired) electrons. The van der Waals surface area contributed by atoms with Gasteiger partial charge in [-0.25, -0.2) is 0 Å². The van der Waals surface area contributed by atoms with Crippen LogP contribution in [0.25, 0.3) is 11.8 Å². The molecule has 3 aliphatic heterocycles. The molecule has 0 bridgehead atoms. The van der Waals surface area contributed by atoms with Gasteiger partial charge >= 0.3 is 0 Å². The van der Waals surface area contributed by atoms with Gasteiger partial charge in [-0.15, -0.1) is 0 Å². The van der Waals surface area contributed by atoms with E-state index in [-0.39, 0.29) is 0 Å². The summed E-state index contributed by atoms with van der Waals surface area (Å²) in [6, 6.07) is 8.93. The average Bonchev–Trinajstić information content (AvgIpc) is 3.53. The monoisotopic (exact) mass is 511 g/mol. The molecule has 1 fully saturated rings. The highest BCUT2D eigenvalue weighted by atomic mass is 79.9. The number of halogens is 1. The number of ether oxygens (including phenoxy) is 4. The predicted octanol–water partition coefficient (Wildman–Crippen LogP) is 6.19. The van der Waals surface area contributed by atoms with Crippen LogP contribution in [-0.2, 0) is 6.42 Å². The molecule has 6 rings (SSSR count). The molecule has 2 aromatic carbocycles. The number of hydrogen-bond acceptors (Lipinski definition) is 5. The Bertz CT molecular complexity index is 1090. The fourth-order valence-electron chi connectivity index (χ4n) is 6.03. The summed E-state index contributed by atoms with van der Waals surface area (Å²) < 4.78 is 23.6. The average molecular weight is 512 g/mol. The van der Waals surface area contributed by atoms with Crippen LogP contribution in [0.5, 0.6) is 23.0 Å². The molecule has 2 aromatic rings. The lowest BCUT2D eigenvalue weighted by molar-refractivity contribution is 0.174. The van der Waals surface area contributed by atoms with E-state index in [1.54, 1.807) is 7.11 Å². The molecule has 1 saturated carbocycles.